The van der Waals surface area contributed by atoms with Gasteiger partial charge in [0.2, 0.25) is 0 Å². The molecule has 1 aliphatic carbocycles. The van der Waals surface area contributed by atoms with Crippen LogP contribution in [0.3, 0.4) is 0 Å². The summed E-state index contributed by atoms with van der Waals surface area (Å²) in [6.45, 7) is 0. The first-order valence-corrected chi connectivity index (χ1v) is 14.2. The highest BCUT2D eigenvalue weighted by atomic mass is 19.4. The van der Waals surface area contributed by atoms with Crippen molar-refractivity contribution in [2.24, 2.45) is 16.6 Å². The van der Waals surface area contributed by atoms with Crippen LogP contribution in [0, 0.1) is 28.6 Å². The third kappa shape index (κ3) is 6.43. The van der Waals surface area contributed by atoms with Crippen LogP contribution in [0.2, 0.25) is 0 Å². The van der Waals surface area contributed by atoms with Gasteiger partial charge < -0.3 is 20.5 Å². The van der Waals surface area contributed by atoms with E-state index in [0.717, 1.165) is 11.1 Å². The standard InChI is InChI=1S/C25H23F3N4O2.C7H6BNO2.CH4/c1-32-21(33)24(31-22(32)30)14-23(9-3-6-18(12-23)25(26,27)28)34-20-8-7-17(11-19(20)24)16-5-2-4-15(10-16)13-29;9-5-6-2-1-3-7(4-6)8(10)11;/h2,4-5,7-8,10-11,18H,3,6,9,12,14H2,1H3,(H2,30,31);1-4,10-11H;1H4. The lowest BCUT2D eigenvalue weighted by molar-refractivity contribution is -0.201. The fraction of sp³-hybridized carbons (Fsp3) is 0.333. The van der Waals surface area contributed by atoms with Crippen molar-refractivity contribution >= 4 is 24.4 Å². The minimum Gasteiger partial charge on any atom is -0.487 e. The molecule has 3 atom stereocenters. The number of amides is 1. The number of alkyl halides is 3. The Balaban J connectivity index is 0.000000341. The number of ether oxygens (including phenoxy) is 1. The number of guanidine groups is 1. The van der Waals surface area contributed by atoms with Crippen molar-refractivity contribution in [1.29, 1.82) is 10.5 Å². The SMILES string of the molecule is C.CN1C(=O)C2(CC3(CCCC(C(F)(F)F)C3)Oc3ccc(-c4cccc(C#N)c4)cc32)N=C1N.N#Cc1cccc(B(O)O)c1. The van der Waals surface area contributed by atoms with Gasteiger partial charge >= 0.3 is 13.3 Å². The highest BCUT2D eigenvalue weighted by Gasteiger charge is 2.60. The van der Waals surface area contributed by atoms with E-state index in [9.17, 15) is 23.2 Å². The van der Waals surface area contributed by atoms with Gasteiger partial charge in [-0.2, -0.15) is 23.7 Å². The van der Waals surface area contributed by atoms with E-state index in [0.29, 0.717) is 40.7 Å². The molecular formula is C33H33BF3N5O4. The number of carbonyl (C=O) groups excluding carboxylic acids is 1. The van der Waals surface area contributed by atoms with Gasteiger partial charge in [-0.3, -0.25) is 9.69 Å². The molecule has 0 saturated heterocycles. The summed E-state index contributed by atoms with van der Waals surface area (Å²) in [4.78, 5) is 19.3. The molecule has 0 aromatic heterocycles. The summed E-state index contributed by atoms with van der Waals surface area (Å²) in [7, 11) is 0.0143. The van der Waals surface area contributed by atoms with Gasteiger partial charge in [0.1, 0.15) is 11.4 Å². The lowest BCUT2D eigenvalue weighted by Crippen LogP contribution is -2.54. The second-order valence-corrected chi connectivity index (χ2v) is 11.5. The molecule has 1 fully saturated rings. The normalized spacial score (nSPS) is 23.1. The summed E-state index contributed by atoms with van der Waals surface area (Å²) in [5, 5.41) is 35.1. The van der Waals surface area contributed by atoms with Gasteiger partial charge in [-0.1, -0.05) is 37.8 Å². The van der Waals surface area contributed by atoms with Crippen LogP contribution in [-0.4, -0.2) is 52.8 Å². The highest BCUT2D eigenvalue weighted by Crippen LogP contribution is 2.55. The van der Waals surface area contributed by atoms with Gasteiger partial charge in [-0.25, -0.2) is 4.99 Å². The average molecular weight is 631 g/mol. The second-order valence-electron chi connectivity index (χ2n) is 11.5. The fourth-order valence-electron chi connectivity index (χ4n) is 6.34. The number of benzene rings is 3. The summed E-state index contributed by atoms with van der Waals surface area (Å²) in [6, 6.07) is 22.5. The Morgan fingerprint density at radius 1 is 1.04 bits per heavy atom. The zero-order valence-electron chi connectivity index (χ0n) is 24.3. The summed E-state index contributed by atoms with van der Waals surface area (Å²) < 4.78 is 47.2. The molecule has 4 N–H and O–H groups in total. The maximum absolute atomic E-state index is 13.6. The summed E-state index contributed by atoms with van der Waals surface area (Å²) in [5.74, 6) is -1.52. The molecule has 3 aromatic rings. The summed E-state index contributed by atoms with van der Waals surface area (Å²) in [6.07, 6.45) is -3.78. The molecule has 0 radical (unpaired) electrons. The number of nitriles is 2. The average Bonchev–Trinajstić information content (AvgIpc) is 3.24. The van der Waals surface area contributed by atoms with Crippen molar-refractivity contribution in [1.82, 2.24) is 4.90 Å². The summed E-state index contributed by atoms with van der Waals surface area (Å²) >= 11 is 0. The number of likely N-dealkylation sites (N-methyl/N-ethyl adjacent to an activating group) is 1. The third-order valence-corrected chi connectivity index (χ3v) is 8.54. The molecule has 9 nitrogen and oxygen atoms in total. The molecular weight excluding hydrogens is 598 g/mol. The van der Waals surface area contributed by atoms with Gasteiger partial charge in [0.15, 0.2) is 11.5 Å². The predicted octanol–water partition coefficient (Wildman–Crippen LogP) is 4.36. The number of hydrogen-bond acceptors (Lipinski definition) is 8. The van der Waals surface area contributed by atoms with Crippen LogP contribution in [0.4, 0.5) is 13.2 Å². The maximum atomic E-state index is 13.6. The molecule has 1 saturated carbocycles. The van der Waals surface area contributed by atoms with Crippen molar-refractivity contribution < 1.29 is 32.8 Å². The number of carbonyl (C=O) groups is 1. The molecule has 6 rings (SSSR count). The second kappa shape index (κ2) is 12.9. The third-order valence-electron chi connectivity index (χ3n) is 8.54. The first-order chi connectivity index (χ1) is 21.3. The van der Waals surface area contributed by atoms with Crippen molar-refractivity contribution in [2.45, 2.75) is 56.8 Å². The van der Waals surface area contributed by atoms with Crippen molar-refractivity contribution in [3.63, 3.8) is 0 Å². The first kappa shape index (κ1) is 34.0. The van der Waals surface area contributed by atoms with Crippen LogP contribution in [0.5, 0.6) is 5.75 Å². The number of aliphatic imine (C=N–C) groups is 1. The van der Waals surface area contributed by atoms with Gasteiger partial charge in [-0.15, -0.1) is 0 Å². The van der Waals surface area contributed by atoms with Crippen molar-refractivity contribution in [3.8, 4) is 29.0 Å². The topological polar surface area (TPSA) is 156 Å². The number of nitrogens with zero attached hydrogens (tertiary/aromatic N) is 4. The van der Waals surface area contributed by atoms with Crippen LogP contribution in [-0.2, 0) is 10.3 Å². The number of halogens is 3. The molecule has 3 unspecified atom stereocenters. The Bertz CT molecular complexity index is 1750. The van der Waals surface area contributed by atoms with E-state index in [2.05, 4.69) is 11.1 Å². The number of nitrogens with two attached hydrogens (primary N) is 1. The van der Waals surface area contributed by atoms with Crippen LogP contribution >= 0.6 is 0 Å². The first-order valence-electron chi connectivity index (χ1n) is 14.2. The van der Waals surface area contributed by atoms with E-state index in [1.165, 1.54) is 18.0 Å². The monoisotopic (exact) mass is 631 g/mol. The Kier molecular flexibility index (Phi) is 9.52. The van der Waals surface area contributed by atoms with Crippen molar-refractivity contribution in [3.05, 3.63) is 83.4 Å². The Morgan fingerprint density at radius 2 is 1.70 bits per heavy atom. The number of rotatable bonds is 2. The molecule has 2 aliphatic heterocycles. The molecule has 46 heavy (non-hydrogen) atoms. The molecule has 2 heterocycles. The zero-order valence-corrected chi connectivity index (χ0v) is 24.3. The largest absolute Gasteiger partial charge is 0.488 e. The van der Waals surface area contributed by atoms with Crippen LogP contribution in [0.1, 0.15) is 56.2 Å². The van der Waals surface area contributed by atoms with Crippen LogP contribution < -0.4 is 15.9 Å². The van der Waals surface area contributed by atoms with Gasteiger partial charge in [0, 0.05) is 19.0 Å². The molecule has 238 valence electrons. The number of fused-ring (bicyclic) bond motifs is 2. The minimum atomic E-state index is -4.33. The fourth-order valence-corrected chi connectivity index (χ4v) is 6.34. The lowest BCUT2D eigenvalue weighted by atomic mass is 9.67. The van der Waals surface area contributed by atoms with E-state index in [-0.39, 0.29) is 38.6 Å². The van der Waals surface area contributed by atoms with Gasteiger partial charge in [0.05, 0.1) is 29.2 Å². The van der Waals surface area contributed by atoms with E-state index in [4.69, 9.17) is 25.8 Å². The van der Waals surface area contributed by atoms with E-state index < -0.39 is 30.4 Å². The molecule has 13 heteroatoms. The summed E-state index contributed by atoms with van der Waals surface area (Å²) in [5.41, 5.74) is 6.64. The highest BCUT2D eigenvalue weighted by molar-refractivity contribution is 6.58. The van der Waals surface area contributed by atoms with E-state index >= 15 is 0 Å². The minimum absolute atomic E-state index is 0. The maximum Gasteiger partial charge on any atom is 0.488 e. The smallest absolute Gasteiger partial charge is 0.487 e. The lowest BCUT2D eigenvalue weighted by Gasteiger charge is -2.48. The van der Waals surface area contributed by atoms with Gasteiger partial charge in [0.25, 0.3) is 5.91 Å². The predicted molar refractivity (Wildman–Crippen MR) is 166 cm³/mol. The molecule has 3 aromatic carbocycles. The van der Waals surface area contributed by atoms with E-state index in [1.807, 2.05) is 12.1 Å². The molecule has 1 amide bonds. The van der Waals surface area contributed by atoms with Crippen molar-refractivity contribution in [2.75, 3.05) is 7.05 Å². The van der Waals surface area contributed by atoms with Crippen LogP contribution in [0.25, 0.3) is 11.1 Å². The molecule has 0 bridgehead atoms. The van der Waals surface area contributed by atoms with Crippen LogP contribution in [0.15, 0.2) is 71.7 Å². The Hall–Kier alpha value is -4.85. The Labute approximate surface area is 265 Å². The van der Waals surface area contributed by atoms with Gasteiger partial charge in [-0.05, 0) is 78.7 Å². The quantitative estimate of drug-likeness (QED) is 0.355. The number of hydrogen-bond donors (Lipinski definition) is 3. The molecule has 3 aliphatic rings. The zero-order chi connectivity index (χ0) is 32.6. The molecule has 2 spiro atoms. The Morgan fingerprint density at radius 3 is 2.30 bits per heavy atom. The van der Waals surface area contributed by atoms with E-state index in [1.54, 1.807) is 54.6 Å².